The molecular weight excluding hydrogens is 528 g/mol. The van der Waals surface area contributed by atoms with E-state index in [2.05, 4.69) is 83.2 Å². The van der Waals surface area contributed by atoms with Gasteiger partial charge in [-0.2, -0.15) is 0 Å². The third kappa shape index (κ3) is 3.66. The molecular formula is C26H16Br2N4. The van der Waals surface area contributed by atoms with Gasteiger partial charge in [0, 0.05) is 36.6 Å². The highest BCUT2D eigenvalue weighted by Crippen LogP contribution is 2.37. The topological polar surface area (TPSA) is 57.4 Å². The van der Waals surface area contributed by atoms with Crippen LogP contribution in [-0.4, -0.2) is 19.9 Å². The lowest BCUT2D eigenvalue weighted by atomic mass is 10.1. The Kier molecular flexibility index (Phi) is 4.70. The number of benzene rings is 1. The van der Waals surface area contributed by atoms with Crippen LogP contribution >= 0.6 is 31.9 Å². The molecule has 4 nitrogen and oxygen atoms in total. The number of aromatic nitrogens is 4. The lowest BCUT2D eigenvalue weighted by molar-refractivity contribution is 1.28. The standard InChI is InChI=1S/C26H16Br2N4/c27-24-3-1-2-22(26(24)28)23-13-21-12-19-7-6-17(30-19)10-15-4-5-16(29-15)11-18-8-9-20(31-18)14-25(23)32-21/h1-14,30,32H. The first kappa shape index (κ1) is 19.5. The summed E-state index contributed by atoms with van der Waals surface area (Å²) in [4.78, 5) is 16.5. The van der Waals surface area contributed by atoms with E-state index in [4.69, 9.17) is 4.98 Å². The van der Waals surface area contributed by atoms with Crippen molar-refractivity contribution < 1.29 is 0 Å². The van der Waals surface area contributed by atoms with Gasteiger partial charge in [0.05, 0.1) is 22.8 Å². The van der Waals surface area contributed by atoms with Crippen molar-refractivity contribution in [1.82, 2.24) is 19.9 Å². The van der Waals surface area contributed by atoms with E-state index in [-0.39, 0.29) is 0 Å². The predicted molar refractivity (Wildman–Crippen MR) is 140 cm³/mol. The third-order valence-electron chi connectivity index (χ3n) is 5.41. The smallest absolute Gasteiger partial charge is 0.0659 e. The minimum absolute atomic E-state index is 0.888. The Morgan fingerprint density at radius 3 is 1.97 bits per heavy atom. The molecule has 3 aromatic heterocycles. The Labute approximate surface area is 201 Å². The molecule has 32 heavy (non-hydrogen) atoms. The minimum atomic E-state index is 0.888. The van der Waals surface area contributed by atoms with E-state index < -0.39 is 0 Å². The Hall–Kier alpha value is -3.22. The van der Waals surface area contributed by atoms with Crippen LogP contribution in [0.2, 0.25) is 0 Å². The highest BCUT2D eigenvalue weighted by atomic mass is 79.9. The van der Waals surface area contributed by atoms with E-state index in [1.807, 2.05) is 48.6 Å². The molecule has 0 amide bonds. The number of rotatable bonds is 1. The van der Waals surface area contributed by atoms with E-state index in [0.717, 1.165) is 64.9 Å². The van der Waals surface area contributed by atoms with E-state index in [1.54, 1.807) is 0 Å². The highest BCUT2D eigenvalue weighted by Gasteiger charge is 2.11. The van der Waals surface area contributed by atoms with Crippen molar-refractivity contribution in [3.63, 3.8) is 0 Å². The minimum Gasteiger partial charge on any atom is -0.355 e. The van der Waals surface area contributed by atoms with Crippen molar-refractivity contribution in [2.24, 2.45) is 0 Å². The molecule has 0 radical (unpaired) electrons. The fourth-order valence-electron chi connectivity index (χ4n) is 3.95. The number of aromatic amines is 2. The molecule has 6 rings (SSSR count). The normalized spacial score (nSPS) is 12.4. The molecule has 4 aromatic rings. The van der Waals surface area contributed by atoms with Crippen molar-refractivity contribution >= 4 is 78.2 Å². The summed E-state index contributed by atoms with van der Waals surface area (Å²) in [5.41, 5.74) is 9.83. The summed E-state index contributed by atoms with van der Waals surface area (Å²) in [5.74, 6) is 0. The molecule has 2 aliphatic heterocycles. The molecule has 154 valence electrons. The van der Waals surface area contributed by atoms with Gasteiger partial charge in [0.2, 0.25) is 0 Å². The van der Waals surface area contributed by atoms with E-state index in [1.165, 1.54) is 0 Å². The monoisotopic (exact) mass is 542 g/mol. The van der Waals surface area contributed by atoms with Crippen LogP contribution in [0.5, 0.6) is 0 Å². The molecule has 0 spiro atoms. The summed E-state index contributed by atoms with van der Waals surface area (Å²) in [6.45, 7) is 0. The zero-order valence-electron chi connectivity index (χ0n) is 16.7. The van der Waals surface area contributed by atoms with Crippen LogP contribution in [-0.2, 0) is 0 Å². The fourth-order valence-corrected chi connectivity index (χ4v) is 4.80. The van der Waals surface area contributed by atoms with Crippen molar-refractivity contribution in [3.05, 3.63) is 92.4 Å². The van der Waals surface area contributed by atoms with Gasteiger partial charge in [-0.05, 0) is 110 Å². The van der Waals surface area contributed by atoms with Crippen LogP contribution in [0.3, 0.4) is 0 Å². The summed E-state index contributed by atoms with van der Waals surface area (Å²) in [6, 6.07) is 20.7. The maximum Gasteiger partial charge on any atom is 0.0659 e. The maximum absolute atomic E-state index is 4.77. The molecule has 2 N–H and O–H groups in total. The molecule has 5 heterocycles. The van der Waals surface area contributed by atoms with Crippen molar-refractivity contribution in [2.75, 3.05) is 0 Å². The molecule has 6 heteroatoms. The summed E-state index contributed by atoms with van der Waals surface area (Å²) >= 11 is 7.37. The number of hydrogen-bond acceptors (Lipinski definition) is 2. The van der Waals surface area contributed by atoms with Gasteiger partial charge < -0.3 is 9.97 Å². The van der Waals surface area contributed by atoms with E-state index in [9.17, 15) is 0 Å². The Balaban J connectivity index is 1.69. The van der Waals surface area contributed by atoms with Gasteiger partial charge in [-0.1, -0.05) is 12.1 Å². The second-order valence-corrected chi connectivity index (χ2v) is 9.34. The third-order valence-corrected chi connectivity index (χ3v) is 7.46. The van der Waals surface area contributed by atoms with Crippen LogP contribution in [0, 0.1) is 0 Å². The fraction of sp³-hybridized carbons (Fsp3) is 0. The van der Waals surface area contributed by atoms with Gasteiger partial charge in [0.15, 0.2) is 0 Å². The molecule has 1 aromatic carbocycles. The first-order valence-electron chi connectivity index (χ1n) is 10.1. The molecule has 0 saturated heterocycles. The number of fused-ring (bicyclic) bond motifs is 8. The largest absolute Gasteiger partial charge is 0.355 e. The van der Waals surface area contributed by atoms with Gasteiger partial charge in [0.1, 0.15) is 0 Å². The zero-order chi connectivity index (χ0) is 21.7. The molecule has 2 aliphatic rings. The summed E-state index contributed by atoms with van der Waals surface area (Å²) in [5, 5.41) is 0. The quantitative estimate of drug-likeness (QED) is 0.222. The van der Waals surface area contributed by atoms with Crippen molar-refractivity contribution in [1.29, 1.82) is 0 Å². The van der Waals surface area contributed by atoms with Crippen LogP contribution in [0.1, 0.15) is 22.8 Å². The first-order chi connectivity index (χ1) is 15.6. The van der Waals surface area contributed by atoms with Crippen molar-refractivity contribution in [3.8, 4) is 11.1 Å². The highest BCUT2D eigenvalue weighted by molar-refractivity contribution is 9.13. The lowest BCUT2D eigenvalue weighted by Gasteiger charge is -2.04. The summed E-state index contributed by atoms with van der Waals surface area (Å²) in [6.07, 6.45) is 8.07. The number of nitrogens with one attached hydrogen (secondary N) is 2. The van der Waals surface area contributed by atoms with Crippen LogP contribution < -0.4 is 0 Å². The second kappa shape index (κ2) is 7.73. The molecule has 8 bridgehead atoms. The molecule has 0 aliphatic carbocycles. The number of nitrogens with zero attached hydrogens (tertiary/aromatic N) is 2. The Bertz CT molecular complexity index is 1610. The Morgan fingerprint density at radius 1 is 0.562 bits per heavy atom. The molecule has 0 saturated carbocycles. The van der Waals surface area contributed by atoms with Crippen LogP contribution in [0.25, 0.3) is 57.5 Å². The Morgan fingerprint density at radius 2 is 1.22 bits per heavy atom. The first-order valence-corrected chi connectivity index (χ1v) is 11.7. The number of halogens is 2. The maximum atomic E-state index is 4.77. The zero-order valence-corrected chi connectivity index (χ0v) is 19.9. The summed E-state index contributed by atoms with van der Waals surface area (Å²) < 4.78 is 2.03. The summed E-state index contributed by atoms with van der Waals surface area (Å²) in [7, 11) is 0. The average Bonchev–Trinajstić information content (AvgIpc) is 3.55. The van der Waals surface area contributed by atoms with Gasteiger partial charge >= 0.3 is 0 Å². The van der Waals surface area contributed by atoms with Crippen LogP contribution in [0.15, 0.2) is 69.6 Å². The van der Waals surface area contributed by atoms with Gasteiger partial charge in [-0.25, -0.2) is 9.97 Å². The lowest BCUT2D eigenvalue weighted by Crippen LogP contribution is -1.80. The van der Waals surface area contributed by atoms with Crippen LogP contribution in [0.4, 0.5) is 0 Å². The SMILES string of the molecule is Brc1cccc(-c2cc3cc4ccc(cc5nc(cc6nc(cc2[nH]3)C=C6)C=C5)[nH]4)c1Br. The molecule has 0 fully saturated rings. The number of hydrogen-bond donors (Lipinski definition) is 2. The van der Waals surface area contributed by atoms with E-state index in [0.29, 0.717) is 0 Å². The van der Waals surface area contributed by atoms with Gasteiger partial charge in [-0.3, -0.25) is 0 Å². The van der Waals surface area contributed by atoms with Gasteiger partial charge in [0.25, 0.3) is 0 Å². The number of H-pyrrole nitrogens is 2. The second-order valence-electron chi connectivity index (χ2n) is 7.69. The van der Waals surface area contributed by atoms with Gasteiger partial charge in [-0.15, -0.1) is 0 Å². The van der Waals surface area contributed by atoms with E-state index >= 15 is 0 Å². The average molecular weight is 544 g/mol. The van der Waals surface area contributed by atoms with Crippen molar-refractivity contribution in [2.45, 2.75) is 0 Å². The molecule has 0 unspecified atom stereocenters. The predicted octanol–water partition coefficient (Wildman–Crippen LogP) is 7.85. The molecule has 0 atom stereocenters.